The molecule has 2 aliphatic heterocycles. The molecule has 2 aliphatic rings. The Bertz CT molecular complexity index is 1540. The van der Waals surface area contributed by atoms with E-state index in [0.29, 0.717) is 39.1 Å². The Kier molecular flexibility index (Phi) is 8.05. The fraction of sp³-hybridized carbons (Fsp3) is 0.433. The van der Waals surface area contributed by atoms with Crippen LogP contribution in [0.25, 0.3) is 22.3 Å². The van der Waals surface area contributed by atoms with Gasteiger partial charge in [-0.05, 0) is 49.1 Å². The van der Waals surface area contributed by atoms with Crippen molar-refractivity contribution >= 4 is 22.8 Å². The summed E-state index contributed by atoms with van der Waals surface area (Å²) in [5.74, 6) is 0.915. The lowest BCUT2D eigenvalue weighted by Gasteiger charge is -2.35. The Morgan fingerprint density at radius 3 is 2.50 bits per heavy atom. The first-order valence-electron chi connectivity index (χ1n) is 14.4. The van der Waals surface area contributed by atoms with Crippen molar-refractivity contribution in [3.8, 4) is 11.3 Å². The first kappa shape index (κ1) is 28.1. The molecule has 0 bridgehead atoms. The number of nitrogens with one attached hydrogen (secondary N) is 1. The van der Waals surface area contributed by atoms with Crippen LogP contribution >= 0.6 is 0 Å². The molecule has 1 amide bonds. The highest BCUT2D eigenvalue weighted by Crippen LogP contribution is 2.26. The third-order valence-corrected chi connectivity index (χ3v) is 7.87. The maximum absolute atomic E-state index is 12.6. The predicted molar refractivity (Wildman–Crippen MR) is 153 cm³/mol. The number of rotatable bonds is 7. The molecule has 1 aromatic carbocycles. The maximum atomic E-state index is 12.6. The Balaban J connectivity index is 1.09. The van der Waals surface area contributed by atoms with Crippen LogP contribution in [0.2, 0.25) is 0 Å². The number of alkyl halides is 3. The normalized spacial score (nSPS) is 16.7. The minimum atomic E-state index is -4.47. The van der Waals surface area contributed by atoms with Gasteiger partial charge < -0.3 is 14.8 Å². The van der Waals surface area contributed by atoms with Crippen LogP contribution in [0.15, 0.2) is 48.9 Å². The van der Waals surface area contributed by atoms with Crippen LogP contribution in [0.4, 0.5) is 19.0 Å². The number of halogens is 3. The van der Waals surface area contributed by atoms with E-state index in [4.69, 9.17) is 4.98 Å². The highest BCUT2D eigenvalue weighted by molar-refractivity contribution is 5.81. The summed E-state index contributed by atoms with van der Waals surface area (Å²) in [7, 11) is 0. The van der Waals surface area contributed by atoms with E-state index in [9.17, 15) is 18.0 Å². The van der Waals surface area contributed by atoms with Gasteiger partial charge in [0, 0.05) is 75.8 Å². The molecule has 12 heteroatoms. The van der Waals surface area contributed by atoms with Gasteiger partial charge in [-0.15, -0.1) is 0 Å². The van der Waals surface area contributed by atoms with E-state index < -0.39 is 18.5 Å². The lowest BCUT2D eigenvalue weighted by molar-refractivity contribution is -0.162. The summed E-state index contributed by atoms with van der Waals surface area (Å²) < 4.78 is 37.7. The molecule has 0 spiro atoms. The van der Waals surface area contributed by atoms with Crippen molar-refractivity contribution in [2.24, 2.45) is 0 Å². The van der Waals surface area contributed by atoms with Gasteiger partial charge in [0.05, 0.1) is 16.7 Å². The molecule has 0 atom stereocenters. The topological polar surface area (TPSA) is 94.1 Å². The molecule has 2 saturated heterocycles. The van der Waals surface area contributed by atoms with Crippen molar-refractivity contribution in [3.05, 3.63) is 66.0 Å². The number of anilines is 1. The number of fused-ring (bicyclic) bond motifs is 1. The first-order chi connectivity index (χ1) is 20.3. The molecule has 42 heavy (non-hydrogen) atoms. The van der Waals surface area contributed by atoms with Gasteiger partial charge in [-0.3, -0.25) is 14.7 Å². The fourth-order valence-electron chi connectivity index (χ4n) is 5.70. The number of imidazole rings is 1. The minimum Gasteiger partial charge on any atom is -0.357 e. The Hall–Kier alpha value is -4.06. The number of piperidine rings is 1. The largest absolute Gasteiger partial charge is 0.397 e. The quantitative estimate of drug-likeness (QED) is 0.343. The van der Waals surface area contributed by atoms with Crippen molar-refractivity contribution in [2.75, 3.05) is 44.2 Å². The number of hydrogen-bond donors (Lipinski definition) is 1. The highest BCUT2D eigenvalue weighted by Gasteiger charge is 2.34. The van der Waals surface area contributed by atoms with E-state index in [1.54, 1.807) is 12.5 Å². The number of benzene rings is 1. The molecule has 0 saturated carbocycles. The molecule has 5 heterocycles. The average molecular weight is 579 g/mol. The van der Waals surface area contributed by atoms with Gasteiger partial charge in [-0.1, -0.05) is 6.07 Å². The molecule has 1 N–H and O–H groups in total. The summed E-state index contributed by atoms with van der Waals surface area (Å²) >= 11 is 0. The molecule has 0 unspecified atom stereocenters. The number of hydrogen-bond acceptors (Lipinski definition) is 7. The number of H-pyrrole nitrogens is 1. The number of aromatic amines is 1. The second-order valence-electron chi connectivity index (χ2n) is 11.0. The van der Waals surface area contributed by atoms with E-state index in [-0.39, 0.29) is 0 Å². The zero-order chi connectivity index (χ0) is 29.1. The molecule has 9 nitrogen and oxygen atoms in total. The van der Waals surface area contributed by atoms with Crippen LogP contribution in [0, 0.1) is 0 Å². The number of pyridine rings is 1. The van der Waals surface area contributed by atoms with E-state index in [1.165, 1.54) is 24.2 Å². The van der Waals surface area contributed by atoms with Crippen LogP contribution in [0.3, 0.4) is 0 Å². The van der Waals surface area contributed by atoms with E-state index in [2.05, 4.69) is 41.9 Å². The van der Waals surface area contributed by atoms with Crippen LogP contribution in [-0.2, 0) is 17.8 Å². The van der Waals surface area contributed by atoms with Gasteiger partial charge in [0.1, 0.15) is 24.4 Å². The summed E-state index contributed by atoms with van der Waals surface area (Å²) in [6.07, 6.45) is 1.70. The summed E-state index contributed by atoms with van der Waals surface area (Å²) in [6.45, 7) is 4.33. The number of carbonyl (C=O) groups is 1. The number of aromatic nitrogens is 5. The smallest absolute Gasteiger partial charge is 0.357 e. The molecule has 4 aromatic rings. The summed E-state index contributed by atoms with van der Waals surface area (Å²) in [5, 5.41) is 0. The molecule has 3 aromatic heterocycles. The van der Waals surface area contributed by atoms with Gasteiger partial charge in [0.15, 0.2) is 0 Å². The third-order valence-electron chi connectivity index (χ3n) is 7.87. The van der Waals surface area contributed by atoms with Gasteiger partial charge in [0.2, 0.25) is 5.91 Å². The standard InChI is InChI=1S/C30H33F3N8O/c31-30(32,33)18-29(42)41-12-10-39(11-13-41)19-21-6-7-34-23(14-21)16-27-37-24-5-4-22(15-26(24)38-27)25-17-28(36-20-35-25)40-8-2-1-3-9-40/h4-7,14-15,17,20H,1-3,8-13,16,18-19H2,(H,37,38). The van der Waals surface area contributed by atoms with Crippen LogP contribution in [0.5, 0.6) is 0 Å². The molecule has 2 fully saturated rings. The number of piperazine rings is 1. The molecular weight excluding hydrogens is 545 g/mol. The molecule has 0 radical (unpaired) electrons. The second kappa shape index (κ2) is 12.0. The van der Waals surface area contributed by atoms with Crippen LogP contribution in [0.1, 0.15) is 42.8 Å². The zero-order valence-electron chi connectivity index (χ0n) is 23.3. The monoisotopic (exact) mass is 578 g/mol. The third kappa shape index (κ3) is 6.87. The maximum Gasteiger partial charge on any atom is 0.397 e. The Morgan fingerprint density at radius 2 is 1.71 bits per heavy atom. The summed E-state index contributed by atoms with van der Waals surface area (Å²) in [4.78, 5) is 39.4. The van der Waals surface area contributed by atoms with Crippen molar-refractivity contribution in [2.45, 2.75) is 44.8 Å². The van der Waals surface area contributed by atoms with Gasteiger partial charge in [0.25, 0.3) is 0 Å². The predicted octanol–water partition coefficient (Wildman–Crippen LogP) is 4.59. The van der Waals surface area contributed by atoms with Crippen molar-refractivity contribution < 1.29 is 18.0 Å². The SMILES string of the molecule is O=C(CC(F)(F)F)N1CCN(Cc2ccnc(Cc3nc4ccc(-c5cc(N6CCCCC6)ncn5)cc4[nH]3)c2)CC1. The van der Waals surface area contributed by atoms with Gasteiger partial charge in [-0.2, -0.15) is 13.2 Å². The van der Waals surface area contributed by atoms with E-state index in [0.717, 1.165) is 58.3 Å². The number of nitrogens with zero attached hydrogens (tertiary/aromatic N) is 7. The number of carbonyl (C=O) groups excluding carboxylic acids is 1. The van der Waals surface area contributed by atoms with Crippen molar-refractivity contribution in [1.82, 2.24) is 34.7 Å². The van der Waals surface area contributed by atoms with Crippen molar-refractivity contribution in [1.29, 1.82) is 0 Å². The number of amides is 1. The minimum absolute atomic E-state index is 0.294. The van der Waals surface area contributed by atoms with E-state index >= 15 is 0 Å². The average Bonchev–Trinajstić information content (AvgIpc) is 3.39. The van der Waals surface area contributed by atoms with Gasteiger partial charge >= 0.3 is 6.18 Å². The highest BCUT2D eigenvalue weighted by atomic mass is 19.4. The Morgan fingerprint density at radius 1 is 0.905 bits per heavy atom. The van der Waals surface area contributed by atoms with Gasteiger partial charge in [-0.25, -0.2) is 15.0 Å². The molecule has 6 rings (SSSR count). The first-order valence-corrected chi connectivity index (χ1v) is 14.4. The summed E-state index contributed by atoms with van der Waals surface area (Å²) in [5.41, 5.74) is 5.60. The molecular formula is C30H33F3N8O. The fourth-order valence-corrected chi connectivity index (χ4v) is 5.70. The van der Waals surface area contributed by atoms with Crippen molar-refractivity contribution in [3.63, 3.8) is 0 Å². The van der Waals surface area contributed by atoms with E-state index in [1.807, 2.05) is 24.3 Å². The van der Waals surface area contributed by atoms with Crippen LogP contribution in [-0.4, -0.2) is 86.1 Å². The lowest BCUT2D eigenvalue weighted by Crippen LogP contribution is -2.49. The van der Waals surface area contributed by atoms with Crippen LogP contribution < -0.4 is 4.90 Å². The summed E-state index contributed by atoms with van der Waals surface area (Å²) in [6, 6.07) is 12.1. The second-order valence-corrected chi connectivity index (χ2v) is 11.0. The zero-order valence-corrected chi connectivity index (χ0v) is 23.3. The lowest BCUT2D eigenvalue weighted by atomic mass is 10.1. The molecule has 220 valence electrons. The Labute approximate surface area is 241 Å². The molecule has 0 aliphatic carbocycles.